The SMILES string of the molecule is CC(=O)COCCCCOCCCCOCC(F)(F)F. The summed E-state index contributed by atoms with van der Waals surface area (Å²) in [7, 11) is 0. The van der Waals surface area contributed by atoms with Crippen LogP contribution in [0.15, 0.2) is 0 Å². The van der Waals surface area contributed by atoms with E-state index in [2.05, 4.69) is 4.74 Å². The highest BCUT2D eigenvalue weighted by Crippen LogP contribution is 2.14. The number of ketones is 1. The molecule has 0 amide bonds. The van der Waals surface area contributed by atoms with Gasteiger partial charge in [-0.1, -0.05) is 0 Å². The summed E-state index contributed by atoms with van der Waals surface area (Å²) >= 11 is 0. The normalized spacial score (nSPS) is 11.8. The van der Waals surface area contributed by atoms with Gasteiger partial charge in [0.05, 0.1) is 0 Å². The first-order chi connectivity index (χ1) is 9.42. The zero-order valence-corrected chi connectivity index (χ0v) is 11.8. The number of carbonyl (C=O) groups is 1. The average molecular weight is 300 g/mol. The number of carbonyl (C=O) groups excluding carboxylic acids is 1. The fourth-order valence-electron chi connectivity index (χ4n) is 1.32. The molecule has 120 valence electrons. The van der Waals surface area contributed by atoms with Crippen LogP contribution in [0.3, 0.4) is 0 Å². The summed E-state index contributed by atoms with van der Waals surface area (Å²) in [5, 5.41) is 0. The minimum Gasteiger partial charge on any atom is -0.381 e. The van der Waals surface area contributed by atoms with Gasteiger partial charge in [-0.25, -0.2) is 0 Å². The maximum absolute atomic E-state index is 11.7. The molecule has 4 nitrogen and oxygen atoms in total. The van der Waals surface area contributed by atoms with Crippen molar-refractivity contribution in [1.29, 1.82) is 0 Å². The Morgan fingerprint density at radius 3 is 1.75 bits per heavy atom. The fourth-order valence-corrected chi connectivity index (χ4v) is 1.32. The monoisotopic (exact) mass is 300 g/mol. The van der Waals surface area contributed by atoms with Gasteiger partial charge >= 0.3 is 6.18 Å². The summed E-state index contributed by atoms with van der Waals surface area (Å²) in [6.45, 7) is 2.18. The molecular weight excluding hydrogens is 277 g/mol. The third kappa shape index (κ3) is 17.3. The Balaban J connectivity index is 3.05. The van der Waals surface area contributed by atoms with Crippen LogP contribution in [0.2, 0.25) is 0 Å². The molecule has 0 radical (unpaired) electrons. The summed E-state index contributed by atoms with van der Waals surface area (Å²) in [5.41, 5.74) is 0. The van der Waals surface area contributed by atoms with E-state index in [-0.39, 0.29) is 19.0 Å². The molecule has 0 aromatic carbocycles. The molecule has 20 heavy (non-hydrogen) atoms. The van der Waals surface area contributed by atoms with Crippen molar-refractivity contribution in [2.24, 2.45) is 0 Å². The number of alkyl halides is 3. The molecule has 0 heterocycles. The Hall–Kier alpha value is -0.660. The predicted molar refractivity (Wildman–Crippen MR) is 67.7 cm³/mol. The van der Waals surface area contributed by atoms with E-state index < -0.39 is 12.8 Å². The van der Waals surface area contributed by atoms with Crippen molar-refractivity contribution in [3.8, 4) is 0 Å². The third-order valence-corrected chi connectivity index (χ3v) is 2.23. The Kier molecular flexibility index (Phi) is 11.7. The lowest BCUT2D eigenvalue weighted by Gasteiger charge is -2.07. The first kappa shape index (κ1) is 19.3. The molecule has 0 spiro atoms. The number of Topliss-reactive ketones (excluding diaryl/α,β-unsaturated/α-hetero) is 1. The molecule has 0 aliphatic heterocycles. The van der Waals surface area contributed by atoms with Crippen molar-refractivity contribution < 1.29 is 32.2 Å². The van der Waals surface area contributed by atoms with E-state index >= 15 is 0 Å². The number of hydrogen-bond donors (Lipinski definition) is 0. The van der Waals surface area contributed by atoms with Crippen molar-refractivity contribution in [3.63, 3.8) is 0 Å². The molecule has 0 atom stereocenters. The lowest BCUT2D eigenvalue weighted by molar-refractivity contribution is -0.174. The molecule has 0 bridgehead atoms. The molecule has 0 saturated heterocycles. The number of ether oxygens (including phenoxy) is 3. The Morgan fingerprint density at radius 1 is 0.850 bits per heavy atom. The zero-order valence-electron chi connectivity index (χ0n) is 11.8. The Bertz CT molecular complexity index is 244. The summed E-state index contributed by atoms with van der Waals surface area (Å²) in [6, 6.07) is 0. The lowest BCUT2D eigenvalue weighted by Crippen LogP contribution is -2.17. The van der Waals surface area contributed by atoms with Crippen molar-refractivity contribution in [1.82, 2.24) is 0 Å². The zero-order chi connectivity index (χ0) is 15.3. The van der Waals surface area contributed by atoms with Gasteiger partial charge < -0.3 is 14.2 Å². The van der Waals surface area contributed by atoms with Gasteiger partial charge in [0.1, 0.15) is 13.2 Å². The number of unbranched alkanes of at least 4 members (excludes halogenated alkanes) is 2. The van der Waals surface area contributed by atoms with Gasteiger partial charge in [-0.2, -0.15) is 13.2 Å². The van der Waals surface area contributed by atoms with Gasteiger partial charge in [-0.3, -0.25) is 4.79 Å². The van der Waals surface area contributed by atoms with E-state index in [4.69, 9.17) is 9.47 Å². The molecule has 0 aromatic heterocycles. The summed E-state index contributed by atoms with van der Waals surface area (Å²) < 4.78 is 50.0. The van der Waals surface area contributed by atoms with Crippen LogP contribution in [0.25, 0.3) is 0 Å². The van der Waals surface area contributed by atoms with Gasteiger partial charge in [-0.15, -0.1) is 0 Å². The van der Waals surface area contributed by atoms with Crippen LogP contribution in [-0.4, -0.2) is 51.6 Å². The lowest BCUT2D eigenvalue weighted by atomic mass is 10.3. The predicted octanol–water partition coefficient (Wildman–Crippen LogP) is 2.75. The van der Waals surface area contributed by atoms with E-state index in [1.807, 2.05) is 0 Å². The summed E-state index contributed by atoms with van der Waals surface area (Å²) in [5.74, 6) is 0.00833. The second kappa shape index (κ2) is 12.1. The second-order valence-corrected chi connectivity index (χ2v) is 4.45. The highest BCUT2D eigenvalue weighted by Gasteiger charge is 2.27. The molecule has 0 aliphatic rings. The van der Waals surface area contributed by atoms with Gasteiger partial charge in [0, 0.05) is 26.4 Å². The summed E-state index contributed by atoms with van der Waals surface area (Å²) in [4.78, 5) is 10.6. The highest BCUT2D eigenvalue weighted by molar-refractivity contribution is 5.76. The van der Waals surface area contributed by atoms with Crippen LogP contribution >= 0.6 is 0 Å². The van der Waals surface area contributed by atoms with Gasteiger partial charge in [0.25, 0.3) is 0 Å². The minimum absolute atomic E-state index is 0.00833. The minimum atomic E-state index is -4.25. The van der Waals surface area contributed by atoms with Crippen LogP contribution in [0.5, 0.6) is 0 Å². The van der Waals surface area contributed by atoms with E-state index in [0.29, 0.717) is 32.7 Å². The van der Waals surface area contributed by atoms with E-state index in [1.54, 1.807) is 0 Å². The van der Waals surface area contributed by atoms with Crippen LogP contribution in [-0.2, 0) is 19.0 Å². The van der Waals surface area contributed by atoms with Gasteiger partial charge in [0.15, 0.2) is 5.78 Å². The molecule has 7 heteroatoms. The van der Waals surface area contributed by atoms with Crippen molar-refractivity contribution in [2.45, 2.75) is 38.8 Å². The topological polar surface area (TPSA) is 44.8 Å². The van der Waals surface area contributed by atoms with Crippen LogP contribution < -0.4 is 0 Å². The van der Waals surface area contributed by atoms with Crippen LogP contribution in [0.1, 0.15) is 32.6 Å². The molecular formula is C13H23F3O4. The molecule has 0 aliphatic carbocycles. The van der Waals surface area contributed by atoms with Crippen molar-refractivity contribution in [2.75, 3.05) is 39.6 Å². The van der Waals surface area contributed by atoms with E-state index in [1.165, 1.54) is 6.92 Å². The third-order valence-electron chi connectivity index (χ3n) is 2.23. The van der Waals surface area contributed by atoms with Crippen molar-refractivity contribution >= 4 is 5.78 Å². The average Bonchev–Trinajstić information content (AvgIpc) is 2.33. The van der Waals surface area contributed by atoms with E-state index in [9.17, 15) is 18.0 Å². The molecule has 0 unspecified atom stereocenters. The quantitative estimate of drug-likeness (QED) is 0.491. The van der Waals surface area contributed by atoms with Gasteiger partial charge in [0.2, 0.25) is 0 Å². The molecule has 0 aromatic rings. The first-order valence-corrected chi connectivity index (χ1v) is 6.71. The standard InChI is InChI=1S/C13H23F3O4/c1-12(17)10-19-8-4-2-6-18-7-3-5-9-20-11-13(14,15)16/h2-11H2,1H3. The number of halogens is 3. The van der Waals surface area contributed by atoms with Gasteiger partial charge in [-0.05, 0) is 32.6 Å². The Labute approximate surface area is 117 Å². The number of rotatable bonds is 13. The largest absolute Gasteiger partial charge is 0.411 e. The van der Waals surface area contributed by atoms with Crippen LogP contribution in [0.4, 0.5) is 13.2 Å². The Morgan fingerprint density at radius 2 is 1.30 bits per heavy atom. The maximum Gasteiger partial charge on any atom is 0.411 e. The fraction of sp³-hybridized carbons (Fsp3) is 0.923. The smallest absolute Gasteiger partial charge is 0.381 e. The van der Waals surface area contributed by atoms with Crippen LogP contribution in [0, 0.1) is 0 Å². The summed E-state index contributed by atoms with van der Waals surface area (Å²) in [6.07, 6.45) is -1.36. The first-order valence-electron chi connectivity index (χ1n) is 6.71. The second-order valence-electron chi connectivity index (χ2n) is 4.45. The molecule has 0 fully saturated rings. The maximum atomic E-state index is 11.7. The number of hydrogen-bond acceptors (Lipinski definition) is 4. The molecule has 0 N–H and O–H groups in total. The van der Waals surface area contributed by atoms with Crippen molar-refractivity contribution in [3.05, 3.63) is 0 Å². The molecule has 0 saturated carbocycles. The van der Waals surface area contributed by atoms with E-state index in [0.717, 1.165) is 12.8 Å². The molecule has 0 rings (SSSR count). The highest BCUT2D eigenvalue weighted by atomic mass is 19.4.